The minimum Gasteiger partial charge on any atom is -0.355 e. The van der Waals surface area contributed by atoms with Crippen molar-refractivity contribution in [2.75, 3.05) is 10.6 Å². The highest BCUT2D eigenvalue weighted by Crippen LogP contribution is 2.27. The highest BCUT2D eigenvalue weighted by atomic mass is 16.1. The van der Waals surface area contributed by atoms with Crippen molar-refractivity contribution in [2.24, 2.45) is 0 Å². The van der Waals surface area contributed by atoms with Crippen molar-refractivity contribution in [3.63, 3.8) is 0 Å². The molecule has 0 atom stereocenters. The fourth-order valence-electron chi connectivity index (χ4n) is 2.93. The van der Waals surface area contributed by atoms with Gasteiger partial charge in [-0.1, -0.05) is 60.7 Å². The predicted molar refractivity (Wildman–Crippen MR) is 108 cm³/mol. The molecule has 0 fully saturated rings. The molecule has 3 heteroatoms. The smallest absolute Gasteiger partial charge is 0.257 e. The van der Waals surface area contributed by atoms with Gasteiger partial charge >= 0.3 is 0 Å². The molecule has 0 bridgehead atoms. The van der Waals surface area contributed by atoms with E-state index in [-0.39, 0.29) is 5.91 Å². The standard InChI is InChI=1S/C23H18N2O/c26-23(25-20-13-5-2-6-14-20)21-15-17-9-7-8-10-18(17)16-22(21)24-19-11-3-1-4-12-19/h1-16,24H,(H,25,26). The molecule has 0 aromatic heterocycles. The van der Waals surface area contributed by atoms with Gasteiger partial charge in [0, 0.05) is 11.4 Å². The number of carbonyl (C=O) groups excluding carboxylic acids is 1. The second kappa shape index (κ2) is 7.11. The molecule has 0 aliphatic rings. The molecule has 1 amide bonds. The second-order valence-electron chi connectivity index (χ2n) is 6.06. The maximum atomic E-state index is 12.9. The van der Waals surface area contributed by atoms with Crippen molar-refractivity contribution in [3.05, 3.63) is 103 Å². The molecule has 0 saturated heterocycles. The van der Waals surface area contributed by atoms with Gasteiger partial charge in [-0.2, -0.15) is 0 Å². The van der Waals surface area contributed by atoms with Gasteiger partial charge in [-0.25, -0.2) is 0 Å². The zero-order valence-corrected chi connectivity index (χ0v) is 14.1. The summed E-state index contributed by atoms with van der Waals surface area (Å²) in [5, 5.41) is 8.46. The van der Waals surface area contributed by atoms with Gasteiger partial charge < -0.3 is 10.6 Å². The van der Waals surface area contributed by atoms with E-state index in [0.29, 0.717) is 5.56 Å². The van der Waals surface area contributed by atoms with Crippen LogP contribution in [0.15, 0.2) is 97.1 Å². The number of rotatable bonds is 4. The van der Waals surface area contributed by atoms with Crippen molar-refractivity contribution in [3.8, 4) is 0 Å². The maximum Gasteiger partial charge on any atom is 0.257 e. The molecular weight excluding hydrogens is 320 g/mol. The Morgan fingerprint density at radius 1 is 0.615 bits per heavy atom. The van der Waals surface area contributed by atoms with Crippen LogP contribution >= 0.6 is 0 Å². The Bertz CT molecular complexity index is 1040. The maximum absolute atomic E-state index is 12.9. The Hall–Kier alpha value is -3.59. The summed E-state index contributed by atoms with van der Waals surface area (Å²) in [7, 11) is 0. The van der Waals surface area contributed by atoms with Crippen LogP contribution in [0.5, 0.6) is 0 Å². The Balaban J connectivity index is 1.75. The van der Waals surface area contributed by atoms with Crippen LogP contribution in [-0.4, -0.2) is 5.91 Å². The number of fused-ring (bicyclic) bond motifs is 1. The minimum atomic E-state index is -0.139. The number of amides is 1. The van der Waals surface area contributed by atoms with E-state index in [1.165, 1.54) is 0 Å². The number of nitrogens with one attached hydrogen (secondary N) is 2. The van der Waals surface area contributed by atoms with Crippen LogP contribution in [0.1, 0.15) is 10.4 Å². The predicted octanol–water partition coefficient (Wildman–Crippen LogP) is 5.84. The van der Waals surface area contributed by atoms with Gasteiger partial charge in [-0.3, -0.25) is 4.79 Å². The Morgan fingerprint density at radius 3 is 1.81 bits per heavy atom. The third-order valence-corrected chi connectivity index (χ3v) is 4.21. The number of carbonyl (C=O) groups is 1. The van der Waals surface area contributed by atoms with Gasteiger partial charge in [0.05, 0.1) is 11.3 Å². The topological polar surface area (TPSA) is 41.1 Å². The third kappa shape index (κ3) is 3.42. The zero-order valence-electron chi connectivity index (χ0n) is 14.1. The number of anilines is 3. The van der Waals surface area contributed by atoms with Gasteiger partial charge in [0.25, 0.3) is 5.91 Å². The summed E-state index contributed by atoms with van der Waals surface area (Å²) >= 11 is 0. The monoisotopic (exact) mass is 338 g/mol. The minimum absolute atomic E-state index is 0.139. The van der Waals surface area contributed by atoms with E-state index >= 15 is 0 Å². The fourth-order valence-corrected chi connectivity index (χ4v) is 2.93. The molecule has 4 rings (SSSR count). The van der Waals surface area contributed by atoms with Gasteiger partial charge in [0.15, 0.2) is 0 Å². The molecule has 4 aromatic rings. The molecule has 0 unspecified atom stereocenters. The van der Waals surface area contributed by atoms with Gasteiger partial charge in [-0.15, -0.1) is 0 Å². The van der Waals surface area contributed by atoms with E-state index in [4.69, 9.17) is 0 Å². The lowest BCUT2D eigenvalue weighted by Gasteiger charge is -2.14. The first-order valence-electron chi connectivity index (χ1n) is 8.51. The zero-order chi connectivity index (χ0) is 17.8. The van der Waals surface area contributed by atoms with Crippen LogP contribution < -0.4 is 10.6 Å². The quantitative estimate of drug-likeness (QED) is 0.491. The fraction of sp³-hybridized carbons (Fsp3) is 0. The summed E-state index contributed by atoms with van der Waals surface area (Å²) in [5.41, 5.74) is 3.10. The molecular formula is C23H18N2O. The summed E-state index contributed by atoms with van der Waals surface area (Å²) in [6.07, 6.45) is 0. The SMILES string of the molecule is O=C(Nc1ccccc1)c1cc2ccccc2cc1Nc1ccccc1. The summed E-state index contributed by atoms with van der Waals surface area (Å²) in [6, 6.07) is 31.3. The van der Waals surface area contributed by atoms with Crippen LogP contribution in [0.2, 0.25) is 0 Å². The first-order chi connectivity index (χ1) is 12.8. The largest absolute Gasteiger partial charge is 0.355 e. The van der Waals surface area contributed by atoms with Crippen LogP contribution in [-0.2, 0) is 0 Å². The molecule has 26 heavy (non-hydrogen) atoms. The Labute approximate surface area is 152 Å². The van der Waals surface area contributed by atoms with Gasteiger partial charge in [0.2, 0.25) is 0 Å². The number of benzene rings is 4. The number of hydrogen-bond acceptors (Lipinski definition) is 2. The van der Waals surface area contributed by atoms with Crippen molar-refractivity contribution in [2.45, 2.75) is 0 Å². The molecule has 2 N–H and O–H groups in total. The molecule has 126 valence electrons. The molecule has 0 radical (unpaired) electrons. The average molecular weight is 338 g/mol. The summed E-state index contributed by atoms with van der Waals surface area (Å²) in [6.45, 7) is 0. The Morgan fingerprint density at radius 2 is 1.15 bits per heavy atom. The van der Waals surface area contributed by atoms with E-state index in [2.05, 4.69) is 10.6 Å². The van der Waals surface area contributed by atoms with E-state index < -0.39 is 0 Å². The highest BCUT2D eigenvalue weighted by molar-refractivity contribution is 6.11. The van der Waals surface area contributed by atoms with Crippen molar-refractivity contribution in [1.29, 1.82) is 0 Å². The lowest BCUT2D eigenvalue weighted by molar-refractivity contribution is 0.102. The lowest BCUT2D eigenvalue weighted by Crippen LogP contribution is -2.14. The summed E-state index contributed by atoms with van der Waals surface area (Å²) < 4.78 is 0. The molecule has 0 spiro atoms. The van der Waals surface area contributed by atoms with Crippen molar-refractivity contribution >= 4 is 33.7 Å². The number of hydrogen-bond donors (Lipinski definition) is 2. The first kappa shape index (κ1) is 15.9. The van der Waals surface area contributed by atoms with E-state index in [1.54, 1.807) is 0 Å². The first-order valence-corrected chi connectivity index (χ1v) is 8.51. The summed E-state index contributed by atoms with van der Waals surface area (Å²) in [5.74, 6) is -0.139. The van der Waals surface area contributed by atoms with Gasteiger partial charge in [-0.05, 0) is 47.2 Å². The van der Waals surface area contributed by atoms with E-state index in [9.17, 15) is 4.79 Å². The van der Waals surface area contributed by atoms with Crippen LogP contribution in [0.3, 0.4) is 0 Å². The summed E-state index contributed by atoms with van der Waals surface area (Å²) in [4.78, 5) is 12.9. The molecule has 0 saturated carbocycles. The number of para-hydroxylation sites is 2. The van der Waals surface area contributed by atoms with Crippen molar-refractivity contribution in [1.82, 2.24) is 0 Å². The second-order valence-corrected chi connectivity index (χ2v) is 6.06. The molecule has 0 aliphatic carbocycles. The third-order valence-electron chi connectivity index (χ3n) is 4.21. The molecule has 0 heterocycles. The molecule has 0 aliphatic heterocycles. The van der Waals surface area contributed by atoms with Crippen LogP contribution in [0.4, 0.5) is 17.1 Å². The Kier molecular flexibility index (Phi) is 4.35. The molecule has 3 nitrogen and oxygen atoms in total. The van der Waals surface area contributed by atoms with E-state index in [1.807, 2.05) is 97.1 Å². The van der Waals surface area contributed by atoms with E-state index in [0.717, 1.165) is 27.8 Å². The lowest BCUT2D eigenvalue weighted by atomic mass is 10.0. The van der Waals surface area contributed by atoms with Crippen LogP contribution in [0, 0.1) is 0 Å². The van der Waals surface area contributed by atoms with Crippen LogP contribution in [0.25, 0.3) is 10.8 Å². The normalized spacial score (nSPS) is 10.5. The van der Waals surface area contributed by atoms with Crippen molar-refractivity contribution < 1.29 is 4.79 Å². The average Bonchev–Trinajstić information content (AvgIpc) is 2.69. The molecule has 4 aromatic carbocycles. The highest BCUT2D eigenvalue weighted by Gasteiger charge is 2.13. The van der Waals surface area contributed by atoms with Gasteiger partial charge in [0.1, 0.15) is 0 Å².